The third-order valence-electron chi connectivity index (χ3n) is 6.37. The zero-order valence-electron chi connectivity index (χ0n) is 19.7. The van der Waals surface area contributed by atoms with Crippen molar-refractivity contribution in [3.63, 3.8) is 0 Å². The minimum absolute atomic E-state index is 0.155. The molecule has 0 aliphatic heterocycles. The minimum Gasteiger partial charge on any atom is -0.424 e. The molecule has 1 aliphatic rings. The summed E-state index contributed by atoms with van der Waals surface area (Å²) in [6.45, 7) is 8.53. The summed E-state index contributed by atoms with van der Waals surface area (Å²) < 4.78 is 42.0. The lowest BCUT2D eigenvalue weighted by Gasteiger charge is -2.24. The number of nitrogens with zero attached hydrogens (tertiary/aromatic N) is 4. The van der Waals surface area contributed by atoms with Crippen LogP contribution in [-0.4, -0.2) is 55.5 Å². The molecular formula is C24H28FN4O5P. The summed E-state index contributed by atoms with van der Waals surface area (Å²) >= 11 is 0. The molecule has 35 heavy (non-hydrogen) atoms. The number of Topliss-reactive ketones (excluding diaryl/α,β-unsaturated/α-hetero) is 1. The highest BCUT2D eigenvalue weighted by atomic mass is 31.2. The molecule has 1 N–H and O–H groups in total. The van der Waals surface area contributed by atoms with E-state index in [9.17, 15) is 14.5 Å². The van der Waals surface area contributed by atoms with Crippen LogP contribution in [0, 0.1) is 18.8 Å². The Morgan fingerprint density at radius 3 is 2.69 bits per heavy atom. The number of ketones is 1. The van der Waals surface area contributed by atoms with E-state index in [1.807, 2.05) is 0 Å². The molecule has 0 saturated heterocycles. The highest BCUT2D eigenvalue weighted by Crippen LogP contribution is 2.52. The van der Waals surface area contributed by atoms with E-state index in [1.165, 1.54) is 24.1 Å². The second-order valence-electron chi connectivity index (χ2n) is 8.85. The van der Waals surface area contributed by atoms with Crippen molar-refractivity contribution in [1.29, 1.82) is 0 Å². The number of benzene rings is 1. The molecule has 0 radical (unpaired) electrons. The third kappa shape index (κ3) is 5.05. The molecule has 2 heterocycles. The van der Waals surface area contributed by atoms with Gasteiger partial charge >= 0.3 is 7.60 Å². The maximum Gasteiger partial charge on any atom is 0.379 e. The number of hydrogen-bond donors (Lipinski definition) is 1. The molecule has 6 atom stereocenters. The molecule has 1 aliphatic carbocycles. The van der Waals surface area contributed by atoms with Crippen LogP contribution in [0.1, 0.15) is 25.6 Å². The number of imidazole rings is 1. The van der Waals surface area contributed by atoms with Gasteiger partial charge in [0.2, 0.25) is 0 Å². The van der Waals surface area contributed by atoms with Crippen LogP contribution in [0.5, 0.6) is 5.75 Å². The van der Waals surface area contributed by atoms with Crippen molar-refractivity contribution < 1.29 is 27.9 Å². The number of halogens is 1. The van der Waals surface area contributed by atoms with Gasteiger partial charge < -0.3 is 14.2 Å². The molecule has 4 rings (SSSR count). The Balaban J connectivity index is 1.56. The van der Waals surface area contributed by atoms with Gasteiger partial charge in [-0.3, -0.25) is 9.32 Å². The lowest BCUT2D eigenvalue weighted by molar-refractivity contribution is -0.119. The average Bonchev–Trinajstić information content (AvgIpc) is 3.32. The Hall–Kier alpha value is -2.94. The summed E-state index contributed by atoms with van der Waals surface area (Å²) in [4.78, 5) is 24.4. The van der Waals surface area contributed by atoms with Gasteiger partial charge in [-0.05, 0) is 31.6 Å². The molecule has 1 saturated carbocycles. The van der Waals surface area contributed by atoms with Gasteiger partial charge in [0.25, 0.3) is 0 Å². The number of alkyl halides is 1. The number of aromatic nitrogens is 4. The number of carbonyl (C=O) groups is 1. The van der Waals surface area contributed by atoms with Crippen molar-refractivity contribution in [3.8, 4) is 5.75 Å². The summed E-state index contributed by atoms with van der Waals surface area (Å²) in [6.07, 6.45) is -0.511. The fourth-order valence-electron chi connectivity index (χ4n) is 4.18. The Kier molecular flexibility index (Phi) is 7.17. The second kappa shape index (κ2) is 9.97. The van der Waals surface area contributed by atoms with Gasteiger partial charge in [-0.2, -0.15) is 0 Å². The highest BCUT2D eigenvalue weighted by molar-refractivity contribution is 7.54. The quantitative estimate of drug-likeness (QED) is 0.344. The van der Waals surface area contributed by atoms with Gasteiger partial charge in [-0.15, -0.1) is 0 Å². The largest absolute Gasteiger partial charge is 0.424 e. The lowest BCUT2D eigenvalue weighted by Crippen LogP contribution is -2.28. The number of rotatable bonds is 9. The number of aliphatic hydroxyl groups is 1. The molecule has 0 amide bonds. The van der Waals surface area contributed by atoms with Crippen molar-refractivity contribution in [2.24, 2.45) is 11.8 Å². The van der Waals surface area contributed by atoms with Gasteiger partial charge in [0.05, 0.1) is 36.9 Å². The number of carbonyl (C=O) groups excluding carboxylic acids is 1. The SMILES string of the molecule is C=C1C(COP(=O)(C[C@H](C)C(C)=O)Oc2ccccc2)C(O)C(F)C1n1cnc2c(C)ncnc21. The topological polar surface area (TPSA) is 116 Å². The summed E-state index contributed by atoms with van der Waals surface area (Å²) in [5, 5.41) is 10.7. The molecule has 0 spiro atoms. The standard InChI is InChI=1S/C24H28FN4O5P/c1-14(17(4)30)11-35(32,34-18-8-6-5-7-9-18)33-10-19-15(2)22(20(25)23(19)31)29-13-28-21-16(3)26-12-27-24(21)29/h5-9,12-14,19-20,22-23,31H,2,10-11H2,1,3-4H3/t14-,19?,20?,22?,23?,35?/m0/s1. The predicted octanol–water partition coefficient (Wildman–Crippen LogP) is 4.07. The van der Waals surface area contributed by atoms with E-state index >= 15 is 4.39 Å². The summed E-state index contributed by atoms with van der Waals surface area (Å²) in [5.74, 6) is -1.29. The van der Waals surface area contributed by atoms with Crippen LogP contribution >= 0.6 is 7.60 Å². The first-order chi connectivity index (χ1) is 16.6. The van der Waals surface area contributed by atoms with Gasteiger partial charge in [-0.1, -0.05) is 31.7 Å². The number of para-hydroxylation sites is 1. The fraction of sp³-hybridized carbons (Fsp3) is 0.417. The van der Waals surface area contributed by atoms with Gasteiger partial charge in [0.1, 0.15) is 23.4 Å². The number of aryl methyl sites for hydroxylation is 1. The predicted molar refractivity (Wildman–Crippen MR) is 128 cm³/mol. The van der Waals surface area contributed by atoms with E-state index < -0.39 is 37.7 Å². The van der Waals surface area contributed by atoms with E-state index in [0.29, 0.717) is 28.2 Å². The minimum atomic E-state index is -3.84. The van der Waals surface area contributed by atoms with Crippen molar-refractivity contribution in [1.82, 2.24) is 19.5 Å². The summed E-state index contributed by atoms with van der Waals surface area (Å²) in [6, 6.07) is 7.52. The molecule has 5 unspecified atom stereocenters. The van der Waals surface area contributed by atoms with E-state index in [4.69, 9.17) is 9.05 Å². The summed E-state index contributed by atoms with van der Waals surface area (Å²) in [5.41, 5.74) is 1.95. The van der Waals surface area contributed by atoms with E-state index in [-0.39, 0.29) is 18.6 Å². The first kappa shape index (κ1) is 25.2. The van der Waals surface area contributed by atoms with Gasteiger partial charge in [0.15, 0.2) is 11.8 Å². The van der Waals surface area contributed by atoms with Gasteiger partial charge in [-0.25, -0.2) is 23.9 Å². The molecule has 9 nitrogen and oxygen atoms in total. The maximum atomic E-state index is 15.4. The molecule has 186 valence electrons. The van der Waals surface area contributed by atoms with Crippen LogP contribution in [-0.2, 0) is 13.9 Å². The number of hydrogen-bond acceptors (Lipinski definition) is 8. The lowest BCUT2D eigenvalue weighted by atomic mass is 10.0. The van der Waals surface area contributed by atoms with Crippen molar-refractivity contribution in [2.45, 2.75) is 39.1 Å². The van der Waals surface area contributed by atoms with Crippen LogP contribution in [0.3, 0.4) is 0 Å². The molecule has 1 fully saturated rings. The zero-order valence-corrected chi connectivity index (χ0v) is 20.6. The van der Waals surface area contributed by atoms with Gasteiger partial charge in [0, 0.05) is 11.8 Å². The fourth-order valence-corrected chi connectivity index (χ4v) is 6.17. The maximum absolute atomic E-state index is 15.4. The van der Waals surface area contributed by atoms with Crippen LogP contribution < -0.4 is 4.52 Å². The first-order valence-corrected chi connectivity index (χ1v) is 13.0. The van der Waals surface area contributed by atoms with E-state index in [1.54, 1.807) is 44.2 Å². The summed E-state index contributed by atoms with van der Waals surface area (Å²) in [7, 11) is -3.84. The Morgan fingerprint density at radius 2 is 2.00 bits per heavy atom. The normalized spacial score (nSPS) is 24.9. The Morgan fingerprint density at radius 1 is 1.29 bits per heavy atom. The number of fused-ring (bicyclic) bond motifs is 1. The molecule has 1 aromatic carbocycles. The van der Waals surface area contributed by atoms with Crippen LogP contribution in [0.2, 0.25) is 0 Å². The molecule has 2 aromatic heterocycles. The number of aliphatic hydroxyl groups excluding tert-OH is 1. The van der Waals surface area contributed by atoms with Crippen molar-refractivity contribution in [2.75, 3.05) is 12.8 Å². The Bertz CT molecular complexity index is 1280. The molecule has 3 aromatic rings. The van der Waals surface area contributed by atoms with Crippen LogP contribution in [0.25, 0.3) is 11.2 Å². The van der Waals surface area contributed by atoms with E-state index in [2.05, 4.69) is 21.5 Å². The monoisotopic (exact) mass is 502 g/mol. The Labute approximate surface area is 202 Å². The molecular weight excluding hydrogens is 474 g/mol. The van der Waals surface area contributed by atoms with Crippen molar-refractivity contribution >= 4 is 24.5 Å². The van der Waals surface area contributed by atoms with E-state index in [0.717, 1.165) is 0 Å². The second-order valence-corrected chi connectivity index (χ2v) is 10.9. The van der Waals surface area contributed by atoms with Crippen LogP contribution in [0.15, 0.2) is 55.1 Å². The van der Waals surface area contributed by atoms with Crippen LogP contribution in [0.4, 0.5) is 4.39 Å². The van der Waals surface area contributed by atoms with Crippen molar-refractivity contribution in [3.05, 3.63) is 60.8 Å². The zero-order chi connectivity index (χ0) is 25.3. The third-order valence-corrected chi connectivity index (χ3v) is 8.39. The first-order valence-electron chi connectivity index (χ1n) is 11.2. The molecule has 11 heteroatoms. The molecule has 0 bridgehead atoms. The highest BCUT2D eigenvalue weighted by Gasteiger charge is 2.48. The smallest absolute Gasteiger partial charge is 0.379 e. The average molecular weight is 502 g/mol.